The summed E-state index contributed by atoms with van der Waals surface area (Å²) in [6.45, 7) is 15.5. The Morgan fingerprint density at radius 2 is 1.64 bits per heavy atom. The molecule has 0 aromatic rings. The van der Waals surface area contributed by atoms with Crippen molar-refractivity contribution in [2.75, 3.05) is 20.7 Å². The first-order valence-electron chi connectivity index (χ1n) is 8.73. The molecule has 0 spiro atoms. The van der Waals surface area contributed by atoms with E-state index in [0.29, 0.717) is 6.61 Å². The van der Waals surface area contributed by atoms with E-state index in [0.717, 1.165) is 19.3 Å². The van der Waals surface area contributed by atoms with Crippen LogP contribution in [0.25, 0.3) is 0 Å². The van der Waals surface area contributed by atoms with Gasteiger partial charge in [-0.2, -0.15) is 0 Å². The van der Waals surface area contributed by atoms with Crippen molar-refractivity contribution in [3.63, 3.8) is 0 Å². The summed E-state index contributed by atoms with van der Waals surface area (Å²) in [5, 5.41) is 0. The maximum absolute atomic E-state index is 6.37. The molecule has 4 nitrogen and oxygen atoms in total. The van der Waals surface area contributed by atoms with Gasteiger partial charge in [0, 0.05) is 5.54 Å². The number of hydrogen-bond acceptors (Lipinski definition) is 4. The molecule has 22 heavy (non-hydrogen) atoms. The first-order valence-corrected chi connectivity index (χ1v) is 8.73. The second-order valence-corrected chi connectivity index (χ2v) is 7.59. The lowest BCUT2D eigenvalue weighted by Crippen LogP contribution is -2.48. The quantitative estimate of drug-likeness (QED) is 0.591. The molecule has 4 heteroatoms. The van der Waals surface area contributed by atoms with Gasteiger partial charge in [-0.15, -0.1) is 0 Å². The smallest absolute Gasteiger partial charge is 0.108 e. The van der Waals surface area contributed by atoms with Crippen LogP contribution in [0.15, 0.2) is 0 Å². The number of hydrogen-bond donors (Lipinski definition) is 1. The van der Waals surface area contributed by atoms with Gasteiger partial charge < -0.3 is 15.2 Å². The first kappa shape index (κ1) is 21.8. The standard InChI is InChI=1S/C18H40N2O2/c1-10-12-18(11-2,22-16(5)20(8)9)13-21-15(4)14(3)17(6,7)19/h14-16H,10-13,19H2,1-9H3. The summed E-state index contributed by atoms with van der Waals surface area (Å²) < 4.78 is 12.6. The maximum Gasteiger partial charge on any atom is 0.108 e. The Bertz CT molecular complexity index is 302. The SMILES string of the molecule is CCCC(CC)(COC(C)C(C)C(C)(C)N)OC(C)N(C)C. The summed E-state index contributed by atoms with van der Waals surface area (Å²) in [7, 11) is 4.08. The number of nitrogens with zero attached hydrogens (tertiary/aromatic N) is 1. The Kier molecular flexibility index (Phi) is 9.15. The van der Waals surface area contributed by atoms with Crippen molar-refractivity contribution in [1.29, 1.82) is 0 Å². The summed E-state index contributed by atoms with van der Waals surface area (Å²) in [5.41, 5.74) is 5.76. The normalized spacial score (nSPS) is 19.8. The van der Waals surface area contributed by atoms with Crippen molar-refractivity contribution in [1.82, 2.24) is 4.90 Å². The summed E-state index contributed by atoms with van der Waals surface area (Å²) in [4.78, 5) is 2.09. The topological polar surface area (TPSA) is 47.7 Å². The Labute approximate surface area is 138 Å². The summed E-state index contributed by atoms with van der Waals surface area (Å²) in [6.07, 6.45) is 3.24. The Morgan fingerprint density at radius 3 is 2.00 bits per heavy atom. The highest BCUT2D eigenvalue weighted by molar-refractivity contribution is 4.85. The van der Waals surface area contributed by atoms with Gasteiger partial charge in [0.15, 0.2) is 0 Å². The third kappa shape index (κ3) is 6.95. The molecule has 0 aliphatic heterocycles. The third-order valence-corrected chi connectivity index (χ3v) is 4.98. The molecule has 0 rings (SSSR count). The van der Waals surface area contributed by atoms with Crippen molar-refractivity contribution in [3.8, 4) is 0 Å². The van der Waals surface area contributed by atoms with E-state index in [9.17, 15) is 0 Å². The molecule has 4 unspecified atom stereocenters. The number of rotatable bonds is 11. The van der Waals surface area contributed by atoms with E-state index in [1.54, 1.807) is 0 Å². The van der Waals surface area contributed by atoms with Crippen LogP contribution in [-0.4, -0.2) is 49.1 Å². The highest BCUT2D eigenvalue weighted by atomic mass is 16.6. The fourth-order valence-corrected chi connectivity index (χ4v) is 2.48. The molecule has 0 amide bonds. The van der Waals surface area contributed by atoms with E-state index in [4.69, 9.17) is 15.2 Å². The zero-order valence-electron chi connectivity index (χ0n) is 16.4. The second kappa shape index (κ2) is 9.21. The minimum absolute atomic E-state index is 0.0776. The average Bonchev–Trinajstić information content (AvgIpc) is 2.42. The highest BCUT2D eigenvalue weighted by Gasteiger charge is 2.34. The van der Waals surface area contributed by atoms with Crippen LogP contribution < -0.4 is 5.73 Å². The highest BCUT2D eigenvalue weighted by Crippen LogP contribution is 2.28. The van der Waals surface area contributed by atoms with E-state index in [1.807, 2.05) is 14.1 Å². The van der Waals surface area contributed by atoms with E-state index in [-0.39, 0.29) is 29.4 Å². The van der Waals surface area contributed by atoms with E-state index >= 15 is 0 Å². The minimum Gasteiger partial charge on any atom is -0.375 e. The lowest BCUT2D eigenvalue weighted by molar-refractivity contribution is -0.180. The van der Waals surface area contributed by atoms with Crippen LogP contribution in [0.4, 0.5) is 0 Å². The molecule has 0 saturated heterocycles. The zero-order valence-corrected chi connectivity index (χ0v) is 16.4. The van der Waals surface area contributed by atoms with E-state index in [1.165, 1.54) is 0 Å². The largest absolute Gasteiger partial charge is 0.375 e. The lowest BCUT2D eigenvalue weighted by atomic mass is 9.86. The Hall–Kier alpha value is -0.160. The molecular weight excluding hydrogens is 276 g/mol. The van der Waals surface area contributed by atoms with Gasteiger partial charge in [-0.3, -0.25) is 4.90 Å². The molecule has 0 bridgehead atoms. The van der Waals surface area contributed by atoms with Gasteiger partial charge in [-0.05, 0) is 60.5 Å². The van der Waals surface area contributed by atoms with Gasteiger partial charge in [0.05, 0.1) is 18.3 Å². The van der Waals surface area contributed by atoms with Gasteiger partial charge >= 0.3 is 0 Å². The monoisotopic (exact) mass is 316 g/mol. The van der Waals surface area contributed by atoms with E-state index in [2.05, 4.69) is 53.4 Å². The van der Waals surface area contributed by atoms with Crippen molar-refractivity contribution in [2.45, 2.75) is 91.2 Å². The number of nitrogens with two attached hydrogens (primary N) is 1. The molecule has 0 aromatic heterocycles. The predicted octanol–water partition coefficient (Wildman–Crippen LogP) is 3.64. The summed E-state index contributed by atoms with van der Waals surface area (Å²) in [6, 6.07) is 0. The first-order chi connectivity index (χ1) is 9.99. The van der Waals surface area contributed by atoms with Gasteiger partial charge in [0.2, 0.25) is 0 Å². The van der Waals surface area contributed by atoms with Crippen LogP contribution in [0.2, 0.25) is 0 Å². The Balaban J connectivity index is 4.85. The molecular formula is C18H40N2O2. The van der Waals surface area contributed by atoms with Crippen molar-refractivity contribution in [3.05, 3.63) is 0 Å². The van der Waals surface area contributed by atoms with Crippen LogP contribution in [-0.2, 0) is 9.47 Å². The van der Waals surface area contributed by atoms with E-state index < -0.39 is 0 Å². The molecule has 4 atom stereocenters. The van der Waals surface area contributed by atoms with Gasteiger partial charge in [0.1, 0.15) is 6.23 Å². The van der Waals surface area contributed by atoms with Crippen LogP contribution in [0, 0.1) is 5.92 Å². The molecule has 2 N–H and O–H groups in total. The molecule has 0 fully saturated rings. The van der Waals surface area contributed by atoms with Gasteiger partial charge in [0.25, 0.3) is 0 Å². The van der Waals surface area contributed by atoms with Gasteiger partial charge in [-0.25, -0.2) is 0 Å². The predicted molar refractivity (Wildman–Crippen MR) is 95.0 cm³/mol. The molecule has 0 radical (unpaired) electrons. The van der Waals surface area contributed by atoms with Crippen LogP contribution in [0.3, 0.4) is 0 Å². The molecule has 0 heterocycles. The van der Waals surface area contributed by atoms with Crippen molar-refractivity contribution >= 4 is 0 Å². The fourth-order valence-electron chi connectivity index (χ4n) is 2.48. The molecule has 0 aromatic carbocycles. The fraction of sp³-hybridized carbons (Fsp3) is 1.00. The average molecular weight is 317 g/mol. The molecule has 0 saturated carbocycles. The summed E-state index contributed by atoms with van der Waals surface area (Å²) >= 11 is 0. The van der Waals surface area contributed by atoms with Crippen molar-refractivity contribution in [2.24, 2.45) is 11.7 Å². The molecule has 0 aliphatic carbocycles. The molecule has 134 valence electrons. The maximum atomic E-state index is 6.37. The van der Waals surface area contributed by atoms with Gasteiger partial charge in [-0.1, -0.05) is 27.2 Å². The second-order valence-electron chi connectivity index (χ2n) is 7.59. The Morgan fingerprint density at radius 1 is 1.09 bits per heavy atom. The van der Waals surface area contributed by atoms with Crippen LogP contribution >= 0.6 is 0 Å². The lowest BCUT2D eigenvalue weighted by Gasteiger charge is -2.39. The van der Waals surface area contributed by atoms with Crippen LogP contribution in [0.5, 0.6) is 0 Å². The van der Waals surface area contributed by atoms with Crippen LogP contribution in [0.1, 0.15) is 67.7 Å². The zero-order chi connectivity index (χ0) is 17.6. The molecule has 0 aliphatic rings. The minimum atomic E-state index is -0.239. The third-order valence-electron chi connectivity index (χ3n) is 4.98. The van der Waals surface area contributed by atoms with Crippen molar-refractivity contribution < 1.29 is 9.47 Å². The summed E-state index contributed by atoms with van der Waals surface area (Å²) in [5.74, 6) is 0.287. The number of ether oxygens (including phenoxy) is 2.